The van der Waals surface area contributed by atoms with Gasteiger partial charge in [0.15, 0.2) is 11.5 Å². The molecule has 0 saturated heterocycles. The van der Waals surface area contributed by atoms with E-state index < -0.39 is 0 Å². The second-order valence-corrected chi connectivity index (χ2v) is 5.24. The maximum Gasteiger partial charge on any atom is 0.250 e. The summed E-state index contributed by atoms with van der Waals surface area (Å²) in [5.41, 5.74) is 0.830. The number of ether oxygens (including phenoxy) is 2. The lowest BCUT2D eigenvalue weighted by Gasteiger charge is -2.07. The largest absolute Gasteiger partial charge is 0.493 e. The Hall–Kier alpha value is -2.41. The van der Waals surface area contributed by atoms with Gasteiger partial charge in [0.2, 0.25) is 11.0 Å². The first-order chi connectivity index (χ1) is 10.1. The van der Waals surface area contributed by atoms with Crippen LogP contribution in [0.1, 0.15) is 10.6 Å². The third-order valence-corrected chi connectivity index (χ3v) is 3.35. The second-order valence-electron chi connectivity index (χ2n) is 4.06. The predicted molar refractivity (Wildman–Crippen MR) is 81.9 cm³/mol. The molecule has 0 atom stereocenters. The SMILES string of the molecule is COc1ccc(/C=C/C(=O)Nc2nnc(C)s2)cc1OC. The zero-order valence-corrected chi connectivity index (χ0v) is 12.7. The van der Waals surface area contributed by atoms with Gasteiger partial charge in [-0.2, -0.15) is 0 Å². The summed E-state index contributed by atoms with van der Waals surface area (Å²) < 4.78 is 10.4. The van der Waals surface area contributed by atoms with Crippen LogP contribution in [0.3, 0.4) is 0 Å². The zero-order chi connectivity index (χ0) is 15.2. The standard InChI is InChI=1S/C14H15N3O3S/c1-9-16-17-14(21-9)15-13(18)7-5-10-4-6-11(19-2)12(8-10)20-3/h4-8H,1-3H3,(H,15,17,18)/b7-5+. The summed E-state index contributed by atoms with van der Waals surface area (Å²) in [5.74, 6) is 0.990. The van der Waals surface area contributed by atoms with Crippen LogP contribution in [0.2, 0.25) is 0 Å². The van der Waals surface area contributed by atoms with Crippen molar-refractivity contribution in [2.75, 3.05) is 19.5 Å². The molecular formula is C14H15N3O3S. The topological polar surface area (TPSA) is 73.3 Å². The summed E-state index contributed by atoms with van der Waals surface area (Å²) in [4.78, 5) is 11.8. The molecule has 110 valence electrons. The Morgan fingerprint density at radius 1 is 1.24 bits per heavy atom. The minimum absolute atomic E-state index is 0.263. The summed E-state index contributed by atoms with van der Waals surface area (Å²) in [6.45, 7) is 1.83. The summed E-state index contributed by atoms with van der Waals surface area (Å²) in [6, 6.07) is 5.41. The van der Waals surface area contributed by atoms with Gasteiger partial charge in [0.05, 0.1) is 14.2 Å². The lowest BCUT2D eigenvalue weighted by molar-refractivity contribution is -0.111. The minimum Gasteiger partial charge on any atom is -0.493 e. The minimum atomic E-state index is -0.263. The van der Waals surface area contributed by atoms with Gasteiger partial charge < -0.3 is 9.47 Å². The monoisotopic (exact) mass is 305 g/mol. The Morgan fingerprint density at radius 2 is 2.00 bits per heavy atom. The number of aromatic nitrogens is 2. The molecule has 0 saturated carbocycles. The van der Waals surface area contributed by atoms with Crippen LogP contribution in [0.15, 0.2) is 24.3 Å². The maximum atomic E-state index is 11.8. The van der Waals surface area contributed by atoms with Crippen LogP contribution in [0.5, 0.6) is 11.5 Å². The van der Waals surface area contributed by atoms with Crippen molar-refractivity contribution in [1.29, 1.82) is 0 Å². The third-order valence-electron chi connectivity index (χ3n) is 2.59. The molecule has 1 N–H and O–H groups in total. The highest BCUT2D eigenvalue weighted by molar-refractivity contribution is 7.15. The first-order valence-electron chi connectivity index (χ1n) is 6.13. The number of carbonyl (C=O) groups excluding carboxylic acids is 1. The first kappa shape index (κ1) is 15.0. The number of benzene rings is 1. The number of nitrogens with one attached hydrogen (secondary N) is 1. The maximum absolute atomic E-state index is 11.8. The van der Waals surface area contributed by atoms with Crippen molar-refractivity contribution in [1.82, 2.24) is 10.2 Å². The molecule has 2 aromatic rings. The van der Waals surface area contributed by atoms with Gasteiger partial charge >= 0.3 is 0 Å². The highest BCUT2D eigenvalue weighted by Crippen LogP contribution is 2.27. The van der Waals surface area contributed by atoms with Gasteiger partial charge in [-0.25, -0.2) is 0 Å². The van der Waals surface area contributed by atoms with Gasteiger partial charge in [0.1, 0.15) is 5.01 Å². The predicted octanol–water partition coefficient (Wildman–Crippen LogP) is 2.52. The fourth-order valence-electron chi connectivity index (χ4n) is 1.62. The average Bonchev–Trinajstić information content (AvgIpc) is 2.89. The number of nitrogens with zero attached hydrogens (tertiary/aromatic N) is 2. The van der Waals surface area contributed by atoms with Gasteiger partial charge in [0, 0.05) is 6.08 Å². The number of methoxy groups -OCH3 is 2. The molecule has 0 fully saturated rings. The number of hydrogen-bond donors (Lipinski definition) is 1. The molecule has 0 aliphatic carbocycles. The Balaban J connectivity index is 2.04. The van der Waals surface area contributed by atoms with E-state index in [9.17, 15) is 4.79 Å². The van der Waals surface area contributed by atoms with Crippen molar-refractivity contribution >= 4 is 28.5 Å². The summed E-state index contributed by atoms with van der Waals surface area (Å²) in [6.07, 6.45) is 3.11. The Bertz CT molecular complexity index is 667. The van der Waals surface area contributed by atoms with E-state index in [2.05, 4.69) is 15.5 Å². The number of carbonyl (C=O) groups is 1. The fraction of sp³-hybridized carbons (Fsp3) is 0.214. The van der Waals surface area contributed by atoms with Gasteiger partial charge in [-0.05, 0) is 30.7 Å². The van der Waals surface area contributed by atoms with E-state index in [4.69, 9.17) is 9.47 Å². The van der Waals surface area contributed by atoms with Gasteiger partial charge in [-0.15, -0.1) is 10.2 Å². The molecule has 0 spiro atoms. The van der Waals surface area contributed by atoms with Gasteiger partial charge in [0.25, 0.3) is 0 Å². The molecule has 1 aromatic heterocycles. The molecular weight excluding hydrogens is 290 g/mol. The van der Waals surface area contributed by atoms with Crippen LogP contribution in [0, 0.1) is 6.92 Å². The number of rotatable bonds is 5. The van der Waals surface area contributed by atoms with E-state index in [0.717, 1.165) is 10.6 Å². The molecule has 7 heteroatoms. The molecule has 0 bridgehead atoms. The van der Waals surface area contributed by atoms with E-state index in [1.807, 2.05) is 13.0 Å². The van der Waals surface area contributed by atoms with Crippen LogP contribution >= 0.6 is 11.3 Å². The average molecular weight is 305 g/mol. The molecule has 0 radical (unpaired) electrons. The van der Waals surface area contributed by atoms with Crippen molar-refractivity contribution in [3.63, 3.8) is 0 Å². The van der Waals surface area contributed by atoms with Crippen molar-refractivity contribution in [2.24, 2.45) is 0 Å². The third kappa shape index (κ3) is 4.03. The van der Waals surface area contributed by atoms with Crippen molar-refractivity contribution in [2.45, 2.75) is 6.92 Å². The van der Waals surface area contributed by atoms with Crippen molar-refractivity contribution in [3.05, 3.63) is 34.8 Å². The number of aryl methyl sites for hydroxylation is 1. The van der Waals surface area contributed by atoms with Crippen molar-refractivity contribution < 1.29 is 14.3 Å². The molecule has 0 aliphatic rings. The quantitative estimate of drug-likeness (QED) is 0.859. The molecule has 21 heavy (non-hydrogen) atoms. The number of amides is 1. The van der Waals surface area contributed by atoms with E-state index in [1.54, 1.807) is 32.4 Å². The van der Waals surface area contributed by atoms with E-state index >= 15 is 0 Å². The van der Waals surface area contributed by atoms with E-state index in [-0.39, 0.29) is 5.91 Å². The smallest absolute Gasteiger partial charge is 0.250 e. The van der Waals surface area contributed by atoms with Crippen molar-refractivity contribution in [3.8, 4) is 11.5 Å². The Labute approximate surface area is 126 Å². The zero-order valence-electron chi connectivity index (χ0n) is 11.9. The summed E-state index contributed by atoms with van der Waals surface area (Å²) in [5, 5.41) is 11.6. The number of anilines is 1. The van der Waals surface area contributed by atoms with E-state index in [1.165, 1.54) is 17.4 Å². The summed E-state index contributed by atoms with van der Waals surface area (Å²) in [7, 11) is 3.14. The molecule has 0 unspecified atom stereocenters. The molecule has 2 rings (SSSR count). The molecule has 0 aliphatic heterocycles. The normalized spacial score (nSPS) is 10.6. The fourth-order valence-corrected chi connectivity index (χ4v) is 2.22. The van der Waals surface area contributed by atoms with Crippen LogP contribution in [-0.4, -0.2) is 30.3 Å². The van der Waals surface area contributed by atoms with Crippen LogP contribution in [-0.2, 0) is 4.79 Å². The molecule has 1 aromatic carbocycles. The lowest BCUT2D eigenvalue weighted by Crippen LogP contribution is -2.07. The molecule has 6 nitrogen and oxygen atoms in total. The van der Waals surface area contributed by atoms with Gasteiger partial charge in [-0.1, -0.05) is 17.4 Å². The Kier molecular flexibility index (Phi) is 4.89. The highest BCUT2D eigenvalue weighted by atomic mass is 32.1. The van der Waals surface area contributed by atoms with E-state index in [0.29, 0.717) is 16.6 Å². The Morgan fingerprint density at radius 3 is 2.62 bits per heavy atom. The molecule has 1 amide bonds. The second kappa shape index (κ2) is 6.85. The van der Waals surface area contributed by atoms with Gasteiger partial charge in [-0.3, -0.25) is 10.1 Å². The highest BCUT2D eigenvalue weighted by Gasteiger charge is 2.05. The van der Waals surface area contributed by atoms with Crippen LogP contribution in [0.4, 0.5) is 5.13 Å². The van der Waals surface area contributed by atoms with Crippen LogP contribution < -0.4 is 14.8 Å². The molecule has 1 heterocycles. The summed E-state index contributed by atoms with van der Waals surface area (Å²) >= 11 is 1.32. The first-order valence-corrected chi connectivity index (χ1v) is 6.95. The van der Waals surface area contributed by atoms with Crippen LogP contribution in [0.25, 0.3) is 6.08 Å². The lowest BCUT2D eigenvalue weighted by atomic mass is 10.2. The number of hydrogen-bond acceptors (Lipinski definition) is 6.